The van der Waals surface area contributed by atoms with Crippen LogP contribution in [-0.4, -0.2) is 37.0 Å². The molecule has 0 radical (unpaired) electrons. The molecule has 2 rings (SSSR count). The van der Waals surface area contributed by atoms with E-state index in [9.17, 15) is 9.59 Å². The Morgan fingerprint density at radius 3 is 2.86 bits per heavy atom. The number of hydrogen-bond donors (Lipinski definition) is 1. The van der Waals surface area contributed by atoms with Crippen LogP contribution in [0.2, 0.25) is 0 Å². The van der Waals surface area contributed by atoms with Crippen molar-refractivity contribution in [2.45, 2.75) is 39.2 Å². The maximum Gasteiger partial charge on any atom is 0.331 e. The quantitative estimate of drug-likeness (QED) is 0.213. The summed E-state index contributed by atoms with van der Waals surface area (Å²) in [7, 11) is 1.25. The standard InChI is InChI=1S/C20H25N3O4S/c1-3-4-5-8-11-27-14-16-10-7-6-9-15(16)13-21-23-20-22-19(25)17(28-20)12-18(24)26-2/h6-7,9-10,12-13H,3-5,8,11,14H2,1-2H3,(H,22,23,25)/b17-12+,21-13?. The molecule has 0 atom stereocenters. The monoisotopic (exact) mass is 403 g/mol. The Hall–Kier alpha value is -2.45. The van der Waals surface area contributed by atoms with Crippen molar-refractivity contribution in [1.82, 2.24) is 5.32 Å². The lowest BCUT2D eigenvalue weighted by molar-refractivity contribution is -0.135. The summed E-state index contributed by atoms with van der Waals surface area (Å²) >= 11 is 1.04. The first-order chi connectivity index (χ1) is 13.6. The number of unbranched alkanes of at least 4 members (excludes halogenated alkanes) is 3. The Morgan fingerprint density at radius 2 is 2.07 bits per heavy atom. The number of amides is 1. The first-order valence-corrected chi connectivity index (χ1v) is 10.0. The van der Waals surface area contributed by atoms with Gasteiger partial charge in [0.05, 0.1) is 24.8 Å². The first kappa shape index (κ1) is 21.8. The van der Waals surface area contributed by atoms with Crippen LogP contribution in [0.25, 0.3) is 0 Å². The number of esters is 1. The molecule has 1 saturated heterocycles. The number of nitrogens with zero attached hydrogens (tertiary/aromatic N) is 2. The van der Waals surface area contributed by atoms with Crippen LogP contribution in [0, 0.1) is 0 Å². The zero-order valence-corrected chi connectivity index (χ0v) is 17.0. The molecule has 1 aromatic carbocycles. The lowest BCUT2D eigenvalue weighted by atomic mass is 10.1. The minimum Gasteiger partial charge on any atom is -0.466 e. The van der Waals surface area contributed by atoms with Crippen LogP contribution in [-0.2, 0) is 25.7 Å². The van der Waals surface area contributed by atoms with Gasteiger partial charge >= 0.3 is 5.97 Å². The molecule has 1 amide bonds. The van der Waals surface area contributed by atoms with Gasteiger partial charge < -0.3 is 9.47 Å². The van der Waals surface area contributed by atoms with E-state index in [1.54, 1.807) is 6.21 Å². The number of carbonyl (C=O) groups excluding carboxylic acids is 2. The second kappa shape index (κ2) is 12.1. The minimum absolute atomic E-state index is 0.220. The predicted molar refractivity (Wildman–Crippen MR) is 111 cm³/mol. The highest BCUT2D eigenvalue weighted by molar-refractivity contribution is 8.18. The molecule has 0 unspecified atom stereocenters. The zero-order chi connectivity index (χ0) is 20.2. The summed E-state index contributed by atoms with van der Waals surface area (Å²) in [4.78, 5) is 23.2. The molecule has 0 saturated carbocycles. The third-order valence-corrected chi connectivity index (χ3v) is 4.80. The molecule has 0 spiro atoms. The maximum atomic E-state index is 11.8. The van der Waals surface area contributed by atoms with Gasteiger partial charge in [-0.15, -0.1) is 5.10 Å². The molecule has 1 aliphatic rings. The molecule has 1 heterocycles. The van der Waals surface area contributed by atoms with Crippen LogP contribution >= 0.6 is 11.8 Å². The smallest absolute Gasteiger partial charge is 0.331 e. The van der Waals surface area contributed by atoms with E-state index in [0.29, 0.717) is 11.8 Å². The molecule has 0 bridgehead atoms. The van der Waals surface area contributed by atoms with Crippen LogP contribution < -0.4 is 5.32 Å². The van der Waals surface area contributed by atoms with Crippen LogP contribution in [0.5, 0.6) is 0 Å². The second-order valence-electron chi connectivity index (χ2n) is 6.05. The average Bonchev–Trinajstić information content (AvgIpc) is 3.04. The Labute approximate surface area is 169 Å². The summed E-state index contributed by atoms with van der Waals surface area (Å²) in [5.74, 6) is -0.993. The largest absolute Gasteiger partial charge is 0.466 e. The Bertz CT molecular complexity index is 774. The molecule has 1 fully saturated rings. The molecule has 1 N–H and O–H groups in total. The molecule has 1 aliphatic heterocycles. The summed E-state index contributed by atoms with van der Waals surface area (Å²) in [6, 6.07) is 7.80. The molecular weight excluding hydrogens is 378 g/mol. The van der Waals surface area contributed by atoms with Crippen LogP contribution in [0.3, 0.4) is 0 Å². The highest BCUT2D eigenvalue weighted by Crippen LogP contribution is 2.23. The van der Waals surface area contributed by atoms with E-state index in [-0.39, 0.29) is 4.91 Å². The summed E-state index contributed by atoms with van der Waals surface area (Å²) in [6.45, 7) is 3.44. The van der Waals surface area contributed by atoms with Crippen molar-refractivity contribution in [3.05, 3.63) is 46.4 Å². The average molecular weight is 404 g/mol. The Kier molecular flexibility index (Phi) is 9.44. The van der Waals surface area contributed by atoms with E-state index >= 15 is 0 Å². The number of carbonyl (C=O) groups is 2. The van der Waals surface area contributed by atoms with E-state index in [4.69, 9.17) is 4.74 Å². The van der Waals surface area contributed by atoms with E-state index in [2.05, 4.69) is 27.2 Å². The van der Waals surface area contributed by atoms with Crippen LogP contribution in [0.15, 0.2) is 45.4 Å². The highest BCUT2D eigenvalue weighted by atomic mass is 32.2. The van der Waals surface area contributed by atoms with E-state index in [1.807, 2.05) is 24.3 Å². The number of methoxy groups -OCH3 is 1. The normalized spacial score (nSPS) is 16.9. The zero-order valence-electron chi connectivity index (χ0n) is 16.1. The third kappa shape index (κ3) is 7.28. The van der Waals surface area contributed by atoms with Crippen LogP contribution in [0.1, 0.15) is 43.7 Å². The van der Waals surface area contributed by atoms with Crippen molar-refractivity contribution in [1.29, 1.82) is 0 Å². The molecular formula is C20H25N3O4S. The number of benzene rings is 1. The lowest BCUT2D eigenvalue weighted by Crippen LogP contribution is -2.19. The minimum atomic E-state index is -0.592. The fraction of sp³-hybridized carbons (Fsp3) is 0.400. The van der Waals surface area contributed by atoms with Crippen molar-refractivity contribution in [3.8, 4) is 0 Å². The van der Waals surface area contributed by atoms with Crippen molar-refractivity contribution < 1.29 is 19.1 Å². The van der Waals surface area contributed by atoms with Gasteiger partial charge in [0.25, 0.3) is 5.91 Å². The van der Waals surface area contributed by atoms with Gasteiger partial charge in [-0.2, -0.15) is 5.10 Å². The summed E-state index contributed by atoms with van der Waals surface area (Å²) in [5, 5.41) is 10.9. The summed E-state index contributed by atoms with van der Waals surface area (Å²) in [5.41, 5.74) is 1.93. The number of hydrogen-bond acceptors (Lipinski definition) is 7. The van der Waals surface area contributed by atoms with Gasteiger partial charge in [0.15, 0.2) is 5.17 Å². The molecule has 8 heteroatoms. The van der Waals surface area contributed by atoms with E-state index in [0.717, 1.165) is 42.0 Å². The molecule has 0 aliphatic carbocycles. The Balaban J connectivity index is 1.92. The van der Waals surface area contributed by atoms with Gasteiger partial charge in [-0.05, 0) is 23.7 Å². The number of ether oxygens (including phenoxy) is 2. The van der Waals surface area contributed by atoms with E-state index in [1.165, 1.54) is 26.4 Å². The molecule has 7 nitrogen and oxygen atoms in total. The van der Waals surface area contributed by atoms with Crippen molar-refractivity contribution in [2.75, 3.05) is 13.7 Å². The molecule has 28 heavy (non-hydrogen) atoms. The van der Waals surface area contributed by atoms with Crippen molar-refractivity contribution in [2.24, 2.45) is 10.2 Å². The van der Waals surface area contributed by atoms with Gasteiger partial charge in [-0.25, -0.2) is 4.79 Å². The fourth-order valence-corrected chi connectivity index (χ4v) is 3.13. The van der Waals surface area contributed by atoms with Gasteiger partial charge in [-0.1, -0.05) is 50.5 Å². The lowest BCUT2D eigenvalue weighted by Gasteiger charge is -2.07. The number of amidine groups is 1. The van der Waals surface area contributed by atoms with Gasteiger partial charge in [0, 0.05) is 18.2 Å². The molecule has 150 valence electrons. The predicted octanol–water partition coefficient (Wildman–Crippen LogP) is 3.39. The molecule has 1 aromatic rings. The number of nitrogens with one attached hydrogen (secondary N) is 1. The summed E-state index contributed by atoms with van der Waals surface area (Å²) in [6.07, 6.45) is 7.44. The Morgan fingerprint density at radius 1 is 1.25 bits per heavy atom. The third-order valence-electron chi connectivity index (χ3n) is 3.90. The fourth-order valence-electron chi connectivity index (χ4n) is 2.39. The van der Waals surface area contributed by atoms with Gasteiger partial charge in [0.1, 0.15) is 0 Å². The first-order valence-electron chi connectivity index (χ1n) is 9.19. The van der Waals surface area contributed by atoms with Crippen molar-refractivity contribution in [3.63, 3.8) is 0 Å². The molecule has 0 aromatic heterocycles. The van der Waals surface area contributed by atoms with Crippen LogP contribution in [0.4, 0.5) is 0 Å². The van der Waals surface area contributed by atoms with Crippen molar-refractivity contribution >= 4 is 35.0 Å². The van der Waals surface area contributed by atoms with Gasteiger partial charge in [-0.3, -0.25) is 10.1 Å². The highest BCUT2D eigenvalue weighted by Gasteiger charge is 2.24. The maximum absolute atomic E-state index is 11.8. The van der Waals surface area contributed by atoms with Gasteiger partial charge in [0.2, 0.25) is 0 Å². The number of rotatable bonds is 10. The summed E-state index contributed by atoms with van der Waals surface area (Å²) < 4.78 is 10.3. The topological polar surface area (TPSA) is 89.4 Å². The van der Waals surface area contributed by atoms with E-state index < -0.39 is 11.9 Å². The number of thioether (sulfide) groups is 1. The SMILES string of the molecule is CCCCCCOCc1ccccc1C=N/N=C1/NC(=O)/C(=C\C(=O)OC)S1. The second-order valence-corrected chi connectivity index (χ2v) is 7.08.